The number of aliphatic hydroxyl groups is 1. The van der Waals surface area contributed by atoms with E-state index in [4.69, 9.17) is 4.74 Å². The largest absolute Gasteiger partial charge is 0.458 e. The molecule has 3 aliphatic rings. The van der Waals surface area contributed by atoms with Crippen molar-refractivity contribution in [2.45, 2.75) is 58.7 Å². The van der Waals surface area contributed by atoms with E-state index in [1.807, 2.05) is 19.1 Å². The molecular weight excluding hydrogens is 419 g/mol. The van der Waals surface area contributed by atoms with E-state index in [-0.39, 0.29) is 29.7 Å². The molecule has 4 rings (SSSR count). The van der Waals surface area contributed by atoms with Gasteiger partial charge in [-0.15, -0.1) is 0 Å². The van der Waals surface area contributed by atoms with Gasteiger partial charge in [-0.05, 0) is 67.4 Å². The van der Waals surface area contributed by atoms with Crippen LogP contribution in [0.2, 0.25) is 0 Å². The number of esters is 1. The number of anilines is 1. The summed E-state index contributed by atoms with van der Waals surface area (Å²) >= 11 is 0. The Morgan fingerprint density at radius 3 is 2.52 bits per heavy atom. The van der Waals surface area contributed by atoms with Gasteiger partial charge in [0.15, 0.2) is 0 Å². The fourth-order valence-corrected chi connectivity index (χ4v) is 6.38. The highest BCUT2D eigenvalue weighted by molar-refractivity contribution is 5.66. The van der Waals surface area contributed by atoms with Crippen molar-refractivity contribution in [3.63, 3.8) is 0 Å². The van der Waals surface area contributed by atoms with Gasteiger partial charge in [0.05, 0.1) is 5.60 Å². The SMILES string of the molecule is CC(=O)O[C@@H]1C[C@@]2(O)[C@H](C)CC[C@@H]([C@H](C)CN3CCN(c4ccc(F)cc4)CC3)[C@H]2C=C1C. The molecule has 0 unspecified atom stereocenters. The van der Waals surface area contributed by atoms with E-state index in [1.165, 1.54) is 19.1 Å². The second-order valence-electron chi connectivity index (χ2n) is 10.6. The smallest absolute Gasteiger partial charge is 0.303 e. The number of carbonyl (C=O) groups excluding carboxylic acids is 1. The number of rotatable bonds is 5. The molecule has 0 aromatic heterocycles. The third-order valence-electron chi connectivity index (χ3n) is 8.44. The van der Waals surface area contributed by atoms with Crippen LogP contribution in [0.4, 0.5) is 10.1 Å². The molecule has 33 heavy (non-hydrogen) atoms. The van der Waals surface area contributed by atoms with Crippen molar-refractivity contribution in [3.05, 3.63) is 41.7 Å². The third kappa shape index (κ3) is 5.12. The molecule has 6 atom stereocenters. The average Bonchev–Trinajstić information content (AvgIpc) is 2.77. The van der Waals surface area contributed by atoms with Gasteiger partial charge in [0.2, 0.25) is 0 Å². The number of nitrogens with zero attached hydrogens (tertiary/aromatic N) is 2. The van der Waals surface area contributed by atoms with Gasteiger partial charge in [0.25, 0.3) is 0 Å². The highest BCUT2D eigenvalue weighted by Gasteiger charge is 2.52. The first-order valence-electron chi connectivity index (χ1n) is 12.5. The molecule has 6 heteroatoms. The van der Waals surface area contributed by atoms with Crippen LogP contribution in [0.1, 0.15) is 47.0 Å². The van der Waals surface area contributed by atoms with Crippen molar-refractivity contribution in [2.75, 3.05) is 37.6 Å². The zero-order chi connectivity index (χ0) is 23.8. The number of fused-ring (bicyclic) bond motifs is 1. The standard InChI is InChI=1S/C27H39FN2O3/c1-18-15-25-24(10-5-20(3)27(25,32)16-26(18)33-21(4)31)19(2)17-29-11-13-30(14-12-29)23-8-6-22(28)7-9-23/h6-9,15,19-20,24-26,32H,5,10-14,16-17H2,1-4H3/t19-,20-,24+,25-,26-,27-/m1/s1. The Hall–Kier alpha value is -1.92. The molecule has 1 saturated heterocycles. The molecule has 0 bridgehead atoms. The number of benzene rings is 1. The van der Waals surface area contributed by atoms with E-state index in [0.717, 1.165) is 56.8 Å². The van der Waals surface area contributed by atoms with E-state index in [2.05, 4.69) is 29.7 Å². The lowest BCUT2D eigenvalue weighted by Gasteiger charge is -2.53. The minimum Gasteiger partial charge on any atom is -0.458 e. The fourth-order valence-electron chi connectivity index (χ4n) is 6.38. The third-order valence-corrected chi connectivity index (χ3v) is 8.44. The molecule has 1 aromatic rings. The zero-order valence-electron chi connectivity index (χ0n) is 20.5. The van der Waals surface area contributed by atoms with E-state index < -0.39 is 5.60 Å². The van der Waals surface area contributed by atoms with Crippen LogP contribution in [0.5, 0.6) is 0 Å². The van der Waals surface area contributed by atoms with Gasteiger partial charge in [0, 0.05) is 57.7 Å². The molecule has 5 nitrogen and oxygen atoms in total. The summed E-state index contributed by atoms with van der Waals surface area (Å²) in [4.78, 5) is 16.4. The molecule has 1 heterocycles. The Labute approximate surface area is 197 Å². The Bertz CT molecular complexity index is 865. The lowest BCUT2D eigenvalue weighted by atomic mass is 9.57. The molecule has 0 radical (unpaired) electrons. The maximum Gasteiger partial charge on any atom is 0.303 e. The Balaban J connectivity index is 1.40. The average molecular weight is 459 g/mol. The van der Waals surface area contributed by atoms with Gasteiger partial charge in [-0.2, -0.15) is 0 Å². The molecule has 182 valence electrons. The van der Waals surface area contributed by atoms with Crippen molar-refractivity contribution < 1.29 is 19.0 Å². The van der Waals surface area contributed by atoms with Crippen molar-refractivity contribution in [1.29, 1.82) is 0 Å². The number of ether oxygens (including phenoxy) is 1. The Kier molecular flexibility index (Phi) is 7.15. The molecule has 2 fully saturated rings. The molecule has 2 aliphatic carbocycles. The van der Waals surface area contributed by atoms with Gasteiger partial charge in [-0.25, -0.2) is 4.39 Å². The normalized spacial score (nSPS) is 33.8. The monoisotopic (exact) mass is 458 g/mol. The summed E-state index contributed by atoms with van der Waals surface area (Å²) in [6.45, 7) is 12.8. The van der Waals surface area contributed by atoms with Gasteiger partial charge in [-0.3, -0.25) is 9.69 Å². The van der Waals surface area contributed by atoms with Crippen molar-refractivity contribution in [3.8, 4) is 0 Å². The quantitative estimate of drug-likeness (QED) is 0.528. The van der Waals surface area contributed by atoms with E-state index in [1.54, 1.807) is 0 Å². The summed E-state index contributed by atoms with van der Waals surface area (Å²) < 4.78 is 18.8. The molecule has 1 aromatic carbocycles. The maximum atomic E-state index is 13.2. The van der Waals surface area contributed by atoms with E-state index in [9.17, 15) is 14.3 Å². The molecule has 1 N–H and O–H groups in total. The van der Waals surface area contributed by atoms with Crippen LogP contribution in [0.15, 0.2) is 35.9 Å². The van der Waals surface area contributed by atoms with Crippen molar-refractivity contribution >= 4 is 11.7 Å². The molecule has 0 amide bonds. The van der Waals surface area contributed by atoms with E-state index in [0.29, 0.717) is 18.3 Å². The van der Waals surface area contributed by atoms with Crippen LogP contribution >= 0.6 is 0 Å². The Morgan fingerprint density at radius 1 is 1.21 bits per heavy atom. The highest BCUT2D eigenvalue weighted by Crippen LogP contribution is 2.51. The van der Waals surface area contributed by atoms with Crippen molar-refractivity contribution in [2.24, 2.45) is 23.7 Å². The first-order valence-corrected chi connectivity index (χ1v) is 12.5. The minimum atomic E-state index is -0.821. The summed E-state index contributed by atoms with van der Waals surface area (Å²) in [5, 5.41) is 11.8. The molecule has 0 spiro atoms. The first kappa shape index (κ1) is 24.2. The summed E-state index contributed by atoms with van der Waals surface area (Å²) in [7, 11) is 0. The first-order chi connectivity index (χ1) is 15.7. The van der Waals surface area contributed by atoms with Crippen LogP contribution in [-0.2, 0) is 9.53 Å². The lowest BCUT2D eigenvalue weighted by molar-refractivity contribution is -0.159. The number of piperazine rings is 1. The summed E-state index contributed by atoms with van der Waals surface area (Å²) in [6.07, 6.45) is 4.51. The zero-order valence-corrected chi connectivity index (χ0v) is 20.5. The van der Waals surface area contributed by atoms with Gasteiger partial charge in [0.1, 0.15) is 11.9 Å². The van der Waals surface area contributed by atoms with Crippen LogP contribution in [0.25, 0.3) is 0 Å². The van der Waals surface area contributed by atoms with Crippen LogP contribution in [-0.4, -0.2) is 60.4 Å². The van der Waals surface area contributed by atoms with Gasteiger partial charge >= 0.3 is 5.97 Å². The summed E-state index contributed by atoms with van der Waals surface area (Å²) in [6, 6.07) is 6.78. The second kappa shape index (κ2) is 9.75. The molecule has 1 aliphatic heterocycles. The summed E-state index contributed by atoms with van der Waals surface area (Å²) in [5.74, 6) is 0.675. The minimum absolute atomic E-state index is 0.101. The molecule has 1 saturated carbocycles. The topological polar surface area (TPSA) is 53.0 Å². The highest BCUT2D eigenvalue weighted by atomic mass is 19.1. The van der Waals surface area contributed by atoms with E-state index >= 15 is 0 Å². The summed E-state index contributed by atoms with van der Waals surface area (Å²) in [5.41, 5.74) is 1.33. The van der Waals surface area contributed by atoms with Crippen LogP contribution in [0, 0.1) is 29.5 Å². The number of halogens is 1. The lowest BCUT2D eigenvalue weighted by Crippen LogP contribution is -2.56. The number of hydrogen-bond acceptors (Lipinski definition) is 5. The number of carbonyl (C=O) groups is 1. The van der Waals surface area contributed by atoms with Crippen LogP contribution < -0.4 is 4.90 Å². The van der Waals surface area contributed by atoms with Gasteiger partial charge < -0.3 is 14.7 Å². The second-order valence-corrected chi connectivity index (χ2v) is 10.6. The Morgan fingerprint density at radius 2 is 1.88 bits per heavy atom. The fraction of sp³-hybridized carbons (Fsp3) is 0.667. The maximum absolute atomic E-state index is 13.2. The van der Waals surface area contributed by atoms with Crippen LogP contribution in [0.3, 0.4) is 0 Å². The predicted molar refractivity (Wildman–Crippen MR) is 128 cm³/mol. The van der Waals surface area contributed by atoms with Crippen molar-refractivity contribution in [1.82, 2.24) is 4.90 Å². The predicted octanol–water partition coefficient (Wildman–Crippen LogP) is 4.26. The molecular formula is C27H39FN2O3. The van der Waals surface area contributed by atoms with Gasteiger partial charge in [-0.1, -0.05) is 19.9 Å². The number of hydrogen-bond donors (Lipinski definition) is 1.